The molecule has 1 aliphatic rings. The van der Waals surface area contributed by atoms with E-state index in [-0.39, 0.29) is 6.29 Å². The van der Waals surface area contributed by atoms with Crippen molar-refractivity contribution in [1.82, 2.24) is 0 Å². The molecule has 0 aliphatic carbocycles. The third kappa shape index (κ3) is 5.77. The van der Waals surface area contributed by atoms with Crippen LogP contribution in [-0.4, -0.2) is 12.4 Å². The Balaban J connectivity index is 1.77. The SMILES string of the molecule is C=C(O[C@H]1CCC[C@@H](CCCCCC)O1)c1ccc(Br)cc1. The molecule has 0 bridgehead atoms. The second kappa shape index (κ2) is 9.36. The van der Waals surface area contributed by atoms with Crippen LogP contribution in [0, 0.1) is 0 Å². The van der Waals surface area contributed by atoms with Crippen LogP contribution in [-0.2, 0) is 9.47 Å². The van der Waals surface area contributed by atoms with Crippen molar-refractivity contribution in [2.75, 3.05) is 0 Å². The monoisotopic (exact) mass is 366 g/mol. The highest BCUT2D eigenvalue weighted by molar-refractivity contribution is 9.10. The largest absolute Gasteiger partial charge is 0.465 e. The van der Waals surface area contributed by atoms with Crippen LogP contribution in [0.25, 0.3) is 5.76 Å². The summed E-state index contributed by atoms with van der Waals surface area (Å²) >= 11 is 3.44. The fourth-order valence-corrected chi connectivity index (χ4v) is 3.09. The molecule has 122 valence electrons. The summed E-state index contributed by atoms with van der Waals surface area (Å²) < 4.78 is 13.1. The first-order valence-corrected chi connectivity index (χ1v) is 9.25. The Labute approximate surface area is 143 Å². The first-order chi connectivity index (χ1) is 10.7. The highest BCUT2D eigenvalue weighted by Crippen LogP contribution is 2.27. The zero-order valence-electron chi connectivity index (χ0n) is 13.5. The standard InChI is InChI=1S/C19H27BrO2/c1-3-4-5-6-8-18-9-7-10-19(22-18)21-15(2)16-11-13-17(20)14-12-16/h11-14,18-19H,2-10H2,1H3/t18-,19-/m1/s1. The third-order valence-corrected chi connectivity index (χ3v) is 4.66. The zero-order valence-corrected chi connectivity index (χ0v) is 15.1. The van der Waals surface area contributed by atoms with Gasteiger partial charge in [-0.05, 0) is 31.4 Å². The van der Waals surface area contributed by atoms with Gasteiger partial charge in [0.15, 0.2) is 6.29 Å². The molecule has 0 saturated carbocycles. The van der Waals surface area contributed by atoms with E-state index in [4.69, 9.17) is 9.47 Å². The van der Waals surface area contributed by atoms with Crippen LogP contribution in [0.2, 0.25) is 0 Å². The molecule has 0 unspecified atom stereocenters. The van der Waals surface area contributed by atoms with Gasteiger partial charge in [0.1, 0.15) is 5.76 Å². The smallest absolute Gasteiger partial charge is 0.200 e. The molecule has 1 heterocycles. The highest BCUT2D eigenvalue weighted by atomic mass is 79.9. The summed E-state index contributed by atoms with van der Waals surface area (Å²) in [5, 5.41) is 0. The predicted octanol–water partition coefficient (Wildman–Crippen LogP) is 6.30. The van der Waals surface area contributed by atoms with Gasteiger partial charge in [0.2, 0.25) is 0 Å². The van der Waals surface area contributed by atoms with Crippen LogP contribution in [0.15, 0.2) is 35.3 Å². The molecule has 22 heavy (non-hydrogen) atoms. The van der Waals surface area contributed by atoms with E-state index in [1.807, 2.05) is 24.3 Å². The van der Waals surface area contributed by atoms with E-state index in [9.17, 15) is 0 Å². The van der Waals surface area contributed by atoms with Gasteiger partial charge in [-0.2, -0.15) is 0 Å². The van der Waals surface area contributed by atoms with E-state index in [1.54, 1.807) is 0 Å². The summed E-state index contributed by atoms with van der Waals surface area (Å²) in [6, 6.07) is 8.03. The number of benzene rings is 1. The quantitative estimate of drug-likeness (QED) is 0.396. The van der Waals surface area contributed by atoms with Gasteiger partial charge in [-0.1, -0.05) is 67.2 Å². The molecule has 0 N–H and O–H groups in total. The Bertz CT molecular complexity index is 455. The number of halogens is 1. The summed E-state index contributed by atoms with van der Waals surface area (Å²) in [5.41, 5.74) is 1.01. The lowest BCUT2D eigenvalue weighted by Crippen LogP contribution is -2.29. The van der Waals surface area contributed by atoms with Crippen molar-refractivity contribution in [2.24, 2.45) is 0 Å². The molecule has 2 rings (SSSR count). The Hall–Kier alpha value is -0.800. The van der Waals surface area contributed by atoms with Crippen molar-refractivity contribution in [3.8, 4) is 0 Å². The molecular weight excluding hydrogens is 340 g/mol. The molecule has 1 saturated heterocycles. The molecule has 0 spiro atoms. The van der Waals surface area contributed by atoms with Crippen LogP contribution in [0.1, 0.15) is 63.9 Å². The maximum atomic E-state index is 6.09. The van der Waals surface area contributed by atoms with Gasteiger partial charge in [0.05, 0.1) is 6.10 Å². The van der Waals surface area contributed by atoms with Crippen molar-refractivity contribution < 1.29 is 9.47 Å². The van der Waals surface area contributed by atoms with E-state index in [2.05, 4.69) is 29.4 Å². The molecule has 3 heteroatoms. The van der Waals surface area contributed by atoms with Gasteiger partial charge in [-0.25, -0.2) is 0 Å². The molecule has 0 amide bonds. The zero-order chi connectivity index (χ0) is 15.8. The first kappa shape index (κ1) is 17.6. The van der Waals surface area contributed by atoms with Gasteiger partial charge in [0.25, 0.3) is 0 Å². The van der Waals surface area contributed by atoms with E-state index in [0.717, 1.165) is 29.3 Å². The van der Waals surface area contributed by atoms with Crippen molar-refractivity contribution in [1.29, 1.82) is 0 Å². The Morgan fingerprint density at radius 2 is 2.00 bits per heavy atom. The summed E-state index contributed by atoms with van der Waals surface area (Å²) in [5.74, 6) is 0.698. The van der Waals surface area contributed by atoms with Gasteiger partial charge in [-0.3, -0.25) is 0 Å². The number of unbranched alkanes of at least 4 members (excludes halogenated alkanes) is 3. The molecule has 1 aromatic carbocycles. The lowest BCUT2D eigenvalue weighted by Gasteiger charge is -2.31. The average Bonchev–Trinajstić information content (AvgIpc) is 2.52. The predicted molar refractivity (Wildman–Crippen MR) is 95.5 cm³/mol. The van der Waals surface area contributed by atoms with Gasteiger partial charge in [0, 0.05) is 16.5 Å². The van der Waals surface area contributed by atoms with E-state index < -0.39 is 0 Å². The molecule has 2 nitrogen and oxygen atoms in total. The number of rotatable bonds is 8. The minimum absolute atomic E-state index is 0.138. The van der Waals surface area contributed by atoms with Crippen molar-refractivity contribution >= 4 is 21.7 Å². The van der Waals surface area contributed by atoms with Gasteiger partial charge in [-0.15, -0.1) is 0 Å². The Morgan fingerprint density at radius 3 is 2.73 bits per heavy atom. The molecule has 1 fully saturated rings. The second-order valence-corrected chi connectivity index (χ2v) is 6.93. The lowest BCUT2D eigenvalue weighted by molar-refractivity contribution is -0.161. The summed E-state index contributed by atoms with van der Waals surface area (Å²) in [6.45, 7) is 6.29. The van der Waals surface area contributed by atoms with E-state index in [1.165, 1.54) is 32.1 Å². The number of hydrogen-bond donors (Lipinski definition) is 0. The van der Waals surface area contributed by atoms with Gasteiger partial charge >= 0.3 is 0 Å². The Kier molecular flexibility index (Phi) is 7.47. The highest BCUT2D eigenvalue weighted by Gasteiger charge is 2.23. The third-order valence-electron chi connectivity index (χ3n) is 4.13. The number of hydrogen-bond acceptors (Lipinski definition) is 2. The van der Waals surface area contributed by atoms with E-state index in [0.29, 0.717) is 11.9 Å². The van der Waals surface area contributed by atoms with Crippen molar-refractivity contribution in [2.45, 2.75) is 70.7 Å². The molecule has 2 atom stereocenters. The fraction of sp³-hybridized carbons (Fsp3) is 0.579. The number of ether oxygens (including phenoxy) is 2. The molecular formula is C19H27BrO2. The lowest BCUT2D eigenvalue weighted by atomic mass is 10.0. The molecule has 0 aromatic heterocycles. The fourth-order valence-electron chi connectivity index (χ4n) is 2.82. The molecule has 0 radical (unpaired) electrons. The molecule has 1 aromatic rings. The second-order valence-electron chi connectivity index (χ2n) is 6.02. The summed E-state index contributed by atoms with van der Waals surface area (Å²) in [6.07, 6.45) is 9.86. The minimum atomic E-state index is -0.138. The van der Waals surface area contributed by atoms with Crippen LogP contribution in [0.4, 0.5) is 0 Å². The van der Waals surface area contributed by atoms with Crippen molar-refractivity contribution in [3.05, 3.63) is 40.9 Å². The Morgan fingerprint density at radius 1 is 1.23 bits per heavy atom. The molecule has 1 aliphatic heterocycles. The van der Waals surface area contributed by atoms with Crippen LogP contribution >= 0.6 is 15.9 Å². The maximum absolute atomic E-state index is 6.09. The van der Waals surface area contributed by atoms with Crippen LogP contribution in [0.3, 0.4) is 0 Å². The summed E-state index contributed by atoms with van der Waals surface area (Å²) in [7, 11) is 0. The maximum Gasteiger partial charge on any atom is 0.200 e. The van der Waals surface area contributed by atoms with Gasteiger partial charge < -0.3 is 9.47 Å². The first-order valence-electron chi connectivity index (χ1n) is 8.46. The summed E-state index contributed by atoms with van der Waals surface area (Å²) in [4.78, 5) is 0. The van der Waals surface area contributed by atoms with Crippen LogP contribution in [0.5, 0.6) is 0 Å². The topological polar surface area (TPSA) is 18.5 Å². The van der Waals surface area contributed by atoms with Crippen molar-refractivity contribution in [3.63, 3.8) is 0 Å². The minimum Gasteiger partial charge on any atom is -0.465 e. The normalized spacial score (nSPS) is 21.5. The van der Waals surface area contributed by atoms with E-state index >= 15 is 0 Å². The average molecular weight is 367 g/mol. The van der Waals surface area contributed by atoms with Crippen LogP contribution < -0.4 is 0 Å².